The molecule has 30 heavy (non-hydrogen) atoms. The fraction of sp³-hybridized carbons (Fsp3) is 0.360. The van der Waals surface area contributed by atoms with Gasteiger partial charge >= 0.3 is 0 Å². The summed E-state index contributed by atoms with van der Waals surface area (Å²) < 4.78 is 17.5. The summed E-state index contributed by atoms with van der Waals surface area (Å²) >= 11 is 0. The van der Waals surface area contributed by atoms with Crippen molar-refractivity contribution >= 4 is 16.6 Å². The lowest BCUT2D eigenvalue weighted by molar-refractivity contribution is -0.116. The highest BCUT2D eigenvalue weighted by atomic mass is 16.5. The number of rotatable bonds is 9. The summed E-state index contributed by atoms with van der Waals surface area (Å²) in [4.78, 5) is 16.5. The van der Waals surface area contributed by atoms with Crippen LogP contribution in [0.2, 0.25) is 0 Å². The molecule has 0 fully saturated rings. The Balaban J connectivity index is 2.37. The minimum absolute atomic E-state index is 0.138. The van der Waals surface area contributed by atoms with Crippen LogP contribution in [0.3, 0.4) is 0 Å². The van der Waals surface area contributed by atoms with Gasteiger partial charge in [-0.3, -0.25) is 4.99 Å². The van der Waals surface area contributed by atoms with Crippen LogP contribution in [0, 0.1) is 0 Å². The first-order chi connectivity index (χ1) is 14.6. The molecule has 0 aliphatic carbocycles. The molecule has 0 saturated heterocycles. The van der Waals surface area contributed by atoms with E-state index in [4.69, 9.17) is 18.9 Å². The van der Waals surface area contributed by atoms with Crippen LogP contribution >= 0.6 is 0 Å². The molecule has 0 amide bonds. The molecule has 0 atom stereocenters. The zero-order valence-electron chi connectivity index (χ0n) is 18.2. The number of hydrogen-bond acceptors (Lipinski definition) is 5. The minimum Gasteiger partial charge on any atom is -0.493 e. The zero-order valence-corrected chi connectivity index (χ0v) is 18.2. The molecular weight excluding hydrogens is 378 g/mol. The fourth-order valence-electron chi connectivity index (χ4n) is 3.47. The molecule has 158 valence electrons. The smallest absolute Gasteiger partial charge is 0.222 e. The van der Waals surface area contributed by atoms with Gasteiger partial charge in [0.05, 0.1) is 14.2 Å². The Labute approximate surface area is 177 Å². The second-order valence-electron chi connectivity index (χ2n) is 7.27. The third-order valence-electron chi connectivity index (χ3n) is 5.08. The minimum atomic E-state index is 0.138. The van der Waals surface area contributed by atoms with Crippen LogP contribution in [0.4, 0.5) is 0 Å². The summed E-state index contributed by atoms with van der Waals surface area (Å²) in [6.07, 6.45) is 3.05. The van der Waals surface area contributed by atoms with E-state index < -0.39 is 0 Å². The van der Waals surface area contributed by atoms with E-state index in [1.807, 2.05) is 42.5 Å². The number of unbranched alkanes of at least 4 members (excludes halogenated alkanes) is 1. The van der Waals surface area contributed by atoms with Gasteiger partial charge in [0.15, 0.2) is 11.5 Å². The van der Waals surface area contributed by atoms with Crippen LogP contribution in [-0.2, 0) is 11.2 Å². The molecule has 0 aliphatic heterocycles. The highest BCUT2D eigenvalue weighted by molar-refractivity contribution is 5.91. The number of nitrogens with zero attached hydrogens (tertiary/aromatic N) is 1. The molecule has 5 heteroatoms. The second kappa shape index (κ2) is 10.1. The highest BCUT2D eigenvalue weighted by Gasteiger charge is 2.18. The van der Waals surface area contributed by atoms with Crippen molar-refractivity contribution in [2.45, 2.75) is 39.5 Å². The van der Waals surface area contributed by atoms with Crippen molar-refractivity contribution in [3.8, 4) is 22.8 Å². The molecule has 5 nitrogen and oxygen atoms in total. The Morgan fingerprint density at radius 2 is 1.70 bits per heavy atom. The van der Waals surface area contributed by atoms with Crippen LogP contribution in [0.25, 0.3) is 22.1 Å². The third kappa shape index (κ3) is 4.73. The monoisotopic (exact) mass is 407 g/mol. The lowest BCUT2D eigenvalue weighted by atomic mass is 9.96. The van der Waals surface area contributed by atoms with E-state index in [2.05, 4.69) is 6.92 Å². The maximum absolute atomic E-state index is 11.8. The Kier molecular flexibility index (Phi) is 7.28. The van der Waals surface area contributed by atoms with E-state index in [1.165, 1.54) is 0 Å². The summed E-state index contributed by atoms with van der Waals surface area (Å²) in [5, 5.41) is 1.83. The Hall–Kier alpha value is -3.08. The molecule has 0 saturated carbocycles. The first-order valence-electron chi connectivity index (χ1n) is 10.4. The summed E-state index contributed by atoms with van der Waals surface area (Å²) in [6.45, 7) is 4.43. The van der Waals surface area contributed by atoms with Crippen molar-refractivity contribution in [2.75, 3.05) is 20.8 Å². The van der Waals surface area contributed by atoms with E-state index in [1.54, 1.807) is 21.1 Å². The van der Waals surface area contributed by atoms with Gasteiger partial charge in [-0.2, -0.15) is 0 Å². The number of ketones is 1. The number of aryl methyl sites for hydroxylation is 1. The second-order valence-corrected chi connectivity index (χ2v) is 7.27. The summed E-state index contributed by atoms with van der Waals surface area (Å²) in [7, 11) is 3.24. The lowest BCUT2D eigenvalue weighted by Crippen LogP contribution is -2.10. The Morgan fingerprint density at radius 3 is 2.30 bits per heavy atom. The first kappa shape index (κ1) is 21.6. The predicted molar refractivity (Wildman–Crippen MR) is 119 cm³/mol. The number of benzene rings is 2. The third-order valence-corrected chi connectivity index (χ3v) is 5.08. The molecule has 2 aromatic carbocycles. The van der Waals surface area contributed by atoms with E-state index in [0.29, 0.717) is 36.4 Å². The van der Waals surface area contributed by atoms with Crippen LogP contribution in [-0.4, -0.2) is 26.5 Å². The number of carbonyl (C=O) groups excluding carboxylic acids is 1. The predicted octanol–water partition coefficient (Wildman–Crippen LogP) is 5.34. The molecule has 0 N–H and O–H groups in total. The SMILES string of the molecule is CCCCN=c1oc(-c2ccccc2)c(CCC(C)=O)c2cc(OC)c(OC)cc12. The van der Waals surface area contributed by atoms with Crippen LogP contribution < -0.4 is 15.0 Å². The molecule has 0 aliphatic rings. The Bertz CT molecular complexity index is 1080. The van der Waals surface area contributed by atoms with Gasteiger partial charge in [0.2, 0.25) is 5.55 Å². The molecule has 1 aromatic heterocycles. The summed E-state index contributed by atoms with van der Waals surface area (Å²) in [5.74, 6) is 2.14. The molecule has 3 rings (SSSR count). The number of ether oxygens (including phenoxy) is 2. The number of methoxy groups -OCH3 is 2. The fourth-order valence-corrected chi connectivity index (χ4v) is 3.47. The number of fused-ring (bicyclic) bond motifs is 1. The van der Waals surface area contributed by atoms with Crippen molar-refractivity contribution in [1.29, 1.82) is 0 Å². The van der Waals surface area contributed by atoms with Gasteiger partial charge in [-0.25, -0.2) is 0 Å². The molecular formula is C25H29NO4. The van der Waals surface area contributed by atoms with Gasteiger partial charge in [-0.1, -0.05) is 43.7 Å². The van der Waals surface area contributed by atoms with Gasteiger partial charge in [0.25, 0.3) is 0 Å². The first-order valence-corrected chi connectivity index (χ1v) is 10.4. The average molecular weight is 408 g/mol. The molecule has 0 spiro atoms. The zero-order chi connectivity index (χ0) is 21.5. The van der Waals surface area contributed by atoms with Crippen LogP contribution in [0.15, 0.2) is 51.9 Å². The lowest BCUT2D eigenvalue weighted by Gasteiger charge is -2.15. The van der Waals surface area contributed by atoms with E-state index >= 15 is 0 Å². The largest absolute Gasteiger partial charge is 0.493 e. The molecule has 0 unspecified atom stereocenters. The highest BCUT2D eigenvalue weighted by Crippen LogP contribution is 2.36. The molecule has 3 aromatic rings. The Morgan fingerprint density at radius 1 is 1.03 bits per heavy atom. The standard InChI is InChI=1S/C25H29NO4/c1-5-6-14-26-25-21-16-23(29-4)22(28-3)15-20(21)19(13-12-17(2)27)24(30-25)18-10-8-7-9-11-18/h7-11,15-16H,5-6,12-14H2,1-4H3. The van der Waals surface area contributed by atoms with Crippen LogP contribution in [0.5, 0.6) is 11.5 Å². The van der Waals surface area contributed by atoms with Crippen molar-refractivity contribution < 1.29 is 18.7 Å². The maximum Gasteiger partial charge on any atom is 0.222 e. The molecule has 1 heterocycles. The number of Topliss-reactive ketones (excluding diaryl/α,β-unsaturated/α-hetero) is 1. The van der Waals surface area contributed by atoms with Crippen molar-refractivity contribution in [2.24, 2.45) is 4.99 Å². The van der Waals surface area contributed by atoms with Gasteiger partial charge in [0.1, 0.15) is 11.5 Å². The number of carbonyl (C=O) groups is 1. The summed E-state index contributed by atoms with van der Waals surface area (Å²) in [6, 6.07) is 13.8. The average Bonchev–Trinajstić information content (AvgIpc) is 2.77. The van der Waals surface area contributed by atoms with Gasteiger partial charge in [-0.05, 0) is 37.3 Å². The van der Waals surface area contributed by atoms with E-state index in [-0.39, 0.29) is 5.78 Å². The topological polar surface area (TPSA) is 61.0 Å². The van der Waals surface area contributed by atoms with Gasteiger partial charge in [-0.15, -0.1) is 0 Å². The molecule has 0 bridgehead atoms. The summed E-state index contributed by atoms with van der Waals surface area (Å²) in [5.41, 5.74) is 2.51. The van der Waals surface area contributed by atoms with Crippen LogP contribution in [0.1, 0.15) is 38.7 Å². The van der Waals surface area contributed by atoms with E-state index in [9.17, 15) is 4.79 Å². The number of hydrogen-bond donors (Lipinski definition) is 0. The van der Waals surface area contributed by atoms with Gasteiger partial charge < -0.3 is 18.7 Å². The quantitative estimate of drug-likeness (QED) is 0.449. The van der Waals surface area contributed by atoms with Gasteiger partial charge in [0, 0.05) is 29.5 Å². The maximum atomic E-state index is 11.8. The van der Waals surface area contributed by atoms with E-state index in [0.717, 1.165) is 40.5 Å². The van der Waals surface area contributed by atoms with Crippen molar-refractivity contribution in [3.63, 3.8) is 0 Å². The van der Waals surface area contributed by atoms with Crippen molar-refractivity contribution in [1.82, 2.24) is 0 Å². The normalized spacial score (nSPS) is 11.7. The van der Waals surface area contributed by atoms with Crippen molar-refractivity contribution in [3.05, 3.63) is 53.6 Å². The molecule has 0 radical (unpaired) electrons.